The predicted molar refractivity (Wildman–Crippen MR) is 80.5 cm³/mol. The Morgan fingerprint density at radius 3 is 2.52 bits per heavy atom. The second-order valence-corrected chi connectivity index (χ2v) is 6.73. The number of amides is 2. The van der Waals surface area contributed by atoms with Crippen molar-refractivity contribution in [3.8, 4) is 0 Å². The summed E-state index contributed by atoms with van der Waals surface area (Å²) in [5, 5.41) is 2.73. The van der Waals surface area contributed by atoms with Gasteiger partial charge in [-0.15, -0.1) is 0 Å². The molecule has 2 atom stereocenters. The van der Waals surface area contributed by atoms with Crippen molar-refractivity contribution >= 4 is 11.8 Å². The summed E-state index contributed by atoms with van der Waals surface area (Å²) >= 11 is 0. The van der Waals surface area contributed by atoms with Gasteiger partial charge < -0.3 is 10.2 Å². The van der Waals surface area contributed by atoms with Crippen LogP contribution in [0, 0.1) is 5.41 Å². The van der Waals surface area contributed by atoms with E-state index in [1.165, 1.54) is 0 Å². The molecule has 0 aromatic heterocycles. The largest absolute Gasteiger partial charge is 0.345 e. The lowest BCUT2D eigenvalue weighted by Gasteiger charge is -2.44. The molecular weight excluding hydrogens is 264 g/mol. The molecule has 0 spiro atoms. The molecule has 1 N–H and O–H groups in total. The van der Waals surface area contributed by atoms with Gasteiger partial charge in [0.25, 0.3) is 0 Å². The van der Waals surface area contributed by atoms with Gasteiger partial charge in [-0.05, 0) is 23.8 Å². The minimum absolute atomic E-state index is 0.0310. The van der Waals surface area contributed by atoms with Crippen LogP contribution in [0.15, 0.2) is 30.3 Å². The topological polar surface area (TPSA) is 49.4 Å². The van der Waals surface area contributed by atoms with Crippen molar-refractivity contribution in [3.05, 3.63) is 35.9 Å². The number of nitrogens with one attached hydrogen (secondary N) is 1. The molecule has 4 nitrogen and oxygen atoms in total. The van der Waals surface area contributed by atoms with Gasteiger partial charge in [0.2, 0.25) is 11.8 Å². The third-order valence-electron chi connectivity index (χ3n) is 4.88. The average molecular weight is 286 g/mol. The van der Waals surface area contributed by atoms with Crippen LogP contribution in [0.1, 0.15) is 44.7 Å². The van der Waals surface area contributed by atoms with Crippen molar-refractivity contribution in [2.45, 2.75) is 45.2 Å². The number of benzene rings is 1. The fraction of sp³-hybridized carbons (Fsp3) is 0.529. The second-order valence-electron chi connectivity index (χ2n) is 6.73. The maximum atomic E-state index is 12.5. The number of carbonyl (C=O) groups excluding carboxylic acids is 2. The smallest absolute Gasteiger partial charge is 0.247 e. The number of hydrogen-bond donors (Lipinski definition) is 1. The molecule has 2 amide bonds. The van der Waals surface area contributed by atoms with E-state index in [4.69, 9.17) is 0 Å². The Morgan fingerprint density at radius 2 is 1.90 bits per heavy atom. The van der Waals surface area contributed by atoms with E-state index in [1.54, 1.807) is 0 Å². The molecule has 1 aliphatic heterocycles. The van der Waals surface area contributed by atoms with Crippen molar-refractivity contribution in [3.63, 3.8) is 0 Å². The Balaban J connectivity index is 2.01. The van der Waals surface area contributed by atoms with E-state index < -0.39 is 6.04 Å². The van der Waals surface area contributed by atoms with E-state index in [2.05, 4.69) is 19.2 Å². The fourth-order valence-electron chi connectivity index (χ4n) is 3.75. The van der Waals surface area contributed by atoms with Gasteiger partial charge in [-0.3, -0.25) is 9.59 Å². The van der Waals surface area contributed by atoms with Crippen molar-refractivity contribution in [1.29, 1.82) is 0 Å². The molecule has 4 heteroatoms. The summed E-state index contributed by atoms with van der Waals surface area (Å²) in [4.78, 5) is 26.8. The lowest BCUT2D eigenvalue weighted by atomic mass is 9.84. The molecule has 1 saturated carbocycles. The first-order valence-corrected chi connectivity index (χ1v) is 7.64. The summed E-state index contributed by atoms with van der Waals surface area (Å²) in [6.45, 7) is 4.52. The SMILES string of the molecule is CC1(C)CCCC1N1C(=O)CNC(=O)C1c1ccccc1. The average Bonchev–Trinajstić information content (AvgIpc) is 2.81. The van der Waals surface area contributed by atoms with Crippen LogP contribution >= 0.6 is 0 Å². The number of piperazine rings is 1. The summed E-state index contributed by atoms with van der Waals surface area (Å²) < 4.78 is 0. The Morgan fingerprint density at radius 1 is 1.19 bits per heavy atom. The van der Waals surface area contributed by atoms with Crippen LogP contribution in [-0.4, -0.2) is 29.3 Å². The molecule has 0 radical (unpaired) electrons. The zero-order chi connectivity index (χ0) is 15.0. The van der Waals surface area contributed by atoms with Crippen molar-refractivity contribution < 1.29 is 9.59 Å². The van der Waals surface area contributed by atoms with E-state index >= 15 is 0 Å². The van der Waals surface area contributed by atoms with Crippen LogP contribution in [0.5, 0.6) is 0 Å². The van der Waals surface area contributed by atoms with E-state index in [9.17, 15) is 9.59 Å². The summed E-state index contributed by atoms with van der Waals surface area (Å²) in [6.07, 6.45) is 3.20. The Bertz CT molecular complexity index is 553. The normalized spacial score (nSPS) is 28.6. The summed E-state index contributed by atoms with van der Waals surface area (Å²) in [7, 11) is 0. The van der Waals surface area contributed by atoms with Crippen molar-refractivity contribution in [2.24, 2.45) is 5.41 Å². The summed E-state index contributed by atoms with van der Waals surface area (Å²) in [5.74, 6) is -0.0353. The molecule has 1 heterocycles. The zero-order valence-corrected chi connectivity index (χ0v) is 12.6. The van der Waals surface area contributed by atoms with Gasteiger partial charge in [0.1, 0.15) is 6.04 Å². The number of hydrogen-bond acceptors (Lipinski definition) is 2. The highest BCUT2D eigenvalue weighted by atomic mass is 16.2. The molecule has 1 aromatic rings. The van der Waals surface area contributed by atoms with Gasteiger partial charge in [0, 0.05) is 6.04 Å². The van der Waals surface area contributed by atoms with Crippen LogP contribution in [-0.2, 0) is 9.59 Å². The maximum absolute atomic E-state index is 12.5. The molecule has 2 aliphatic rings. The number of carbonyl (C=O) groups is 2. The van der Waals surface area contributed by atoms with Crippen LogP contribution in [0.2, 0.25) is 0 Å². The van der Waals surface area contributed by atoms with E-state index in [-0.39, 0.29) is 29.8 Å². The van der Waals surface area contributed by atoms with Gasteiger partial charge in [-0.25, -0.2) is 0 Å². The Kier molecular flexibility index (Phi) is 3.47. The van der Waals surface area contributed by atoms with Gasteiger partial charge in [0.05, 0.1) is 6.54 Å². The fourth-order valence-corrected chi connectivity index (χ4v) is 3.75. The summed E-state index contributed by atoms with van der Waals surface area (Å²) in [5.41, 5.74) is 0.964. The van der Waals surface area contributed by atoms with Crippen molar-refractivity contribution in [2.75, 3.05) is 6.54 Å². The molecule has 1 aliphatic carbocycles. The molecule has 112 valence electrons. The van der Waals surface area contributed by atoms with Crippen molar-refractivity contribution in [1.82, 2.24) is 10.2 Å². The van der Waals surface area contributed by atoms with Crippen LogP contribution in [0.3, 0.4) is 0 Å². The van der Waals surface area contributed by atoms with Crippen LogP contribution in [0.25, 0.3) is 0 Å². The first-order valence-electron chi connectivity index (χ1n) is 7.64. The highest BCUT2D eigenvalue weighted by Gasteiger charge is 2.47. The molecule has 1 aromatic carbocycles. The van der Waals surface area contributed by atoms with Crippen LogP contribution in [0.4, 0.5) is 0 Å². The monoisotopic (exact) mass is 286 g/mol. The molecular formula is C17H22N2O2. The Labute approximate surface area is 125 Å². The van der Waals surface area contributed by atoms with E-state index in [0.717, 1.165) is 24.8 Å². The lowest BCUT2D eigenvalue weighted by molar-refractivity contribution is -0.151. The predicted octanol–water partition coefficient (Wildman–Crippen LogP) is 2.26. The quantitative estimate of drug-likeness (QED) is 0.906. The molecule has 1 saturated heterocycles. The Hall–Kier alpha value is -1.84. The highest BCUT2D eigenvalue weighted by molar-refractivity contribution is 5.95. The third kappa shape index (κ3) is 2.43. The number of nitrogens with zero attached hydrogens (tertiary/aromatic N) is 1. The summed E-state index contributed by atoms with van der Waals surface area (Å²) in [6, 6.07) is 9.27. The lowest BCUT2D eigenvalue weighted by Crippen LogP contribution is -2.58. The molecule has 21 heavy (non-hydrogen) atoms. The third-order valence-corrected chi connectivity index (χ3v) is 4.88. The standard InChI is InChI=1S/C17H22N2O2/c1-17(2)10-6-9-13(17)19-14(20)11-18-16(21)15(19)12-7-4-3-5-8-12/h3-5,7-8,13,15H,6,9-11H2,1-2H3,(H,18,21). The maximum Gasteiger partial charge on any atom is 0.247 e. The first kappa shape index (κ1) is 14.1. The van der Waals surface area contributed by atoms with Gasteiger partial charge in [-0.2, -0.15) is 0 Å². The van der Waals surface area contributed by atoms with Crippen LogP contribution < -0.4 is 5.32 Å². The first-order chi connectivity index (χ1) is 10.0. The minimum atomic E-state index is -0.491. The minimum Gasteiger partial charge on any atom is -0.345 e. The molecule has 0 bridgehead atoms. The van der Waals surface area contributed by atoms with Gasteiger partial charge >= 0.3 is 0 Å². The van der Waals surface area contributed by atoms with Gasteiger partial charge in [0.15, 0.2) is 0 Å². The highest BCUT2D eigenvalue weighted by Crippen LogP contribution is 2.44. The number of rotatable bonds is 2. The van der Waals surface area contributed by atoms with E-state index in [1.807, 2.05) is 35.2 Å². The molecule has 2 fully saturated rings. The van der Waals surface area contributed by atoms with E-state index in [0.29, 0.717) is 0 Å². The molecule has 3 rings (SSSR count). The van der Waals surface area contributed by atoms with Gasteiger partial charge in [-0.1, -0.05) is 50.6 Å². The second kappa shape index (κ2) is 5.17. The molecule has 2 unspecified atom stereocenters. The zero-order valence-electron chi connectivity index (χ0n) is 12.6.